The van der Waals surface area contributed by atoms with Gasteiger partial charge >= 0.3 is 0 Å². The van der Waals surface area contributed by atoms with E-state index in [1.807, 2.05) is 18.2 Å². The van der Waals surface area contributed by atoms with Crippen LogP contribution in [0.3, 0.4) is 0 Å². The number of hydrogen-bond donors (Lipinski definition) is 4. The van der Waals surface area contributed by atoms with E-state index in [0.29, 0.717) is 28.8 Å². The molecule has 0 bridgehead atoms. The number of aliphatic hydroxyl groups excluding tert-OH is 1. The van der Waals surface area contributed by atoms with E-state index < -0.39 is 6.10 Å². The van der Waals surface area contributed by atoms with E-state index in [4.69, 9.17) is 5.73 Å². The Labute approximate surface area is 191 Å². The zero-order chi connectivity index (χ0) is 22.5. The number of nitrogens with two attached hydrogens (primary N) is 1. The lowest BCUT2D eigenvalue weighted by Gasteiger charge is -2.11. The number of hydrogen-bond acceptors (Lipinski definition) is 8. The summed E-state index contributed by atoms with van der Waals surface area (Å²) >= 11 is 1.39. The summed E-state index contributed by atoms with van der Waals surface area (Å²) < 4.78 is 0. The highest BCUT2D eigenvalue weighted by molar-refractivity contribution is 7.99. The summed E-state index contributed by atoms with van der Waals surface area (Å²) in [5.74, 6) is 1.34. The first kappa shape index (κ1) is 22.2. The van der Waals surface area contributed by atoms with Gasteiger partial charge in [-0.15, -0.1) is 0 Å². The van der Waals surface area contributed by atoms with Gasteiger partial charge in [-0.3, -0.25) is 10.1 Å². The molecule has 1 aromatic carbocycles. The Morgan fingerprint density at radius 3 is 2.59 bits per heavy atom. The molecule has 3 aromatic heterocycles. The molecule has 0 fully saturated rings. The van der Waals surface area contributed by atoms with Crippen molar-refractivity contribution in [1.82, 2.24) is 25.1 Å². The first-order valence-corrected chi connectivity index (χ1v) is 11.5. The van der Waals surface area contributed by atoms with Gasteiger partial charge in [0, 0.05) is 30.6 Å². The van der Waals surface area contributed by atoms with Gasteiger partial charge in [0.25, 0.3) is 0 Å². The van der Waals surface area contributed by atoms with Crippen LogP contribution >= 0.6 is 11.8 Å². The van der Waals surface area contributed by atoms with Gasteiger partial charge in [0.05, 0.1) is 17.5 Å². The van der Waals surface area contributed by atoms with E-state index >= 15 is 0 Å². The van der Waals surface area contributed by atoms with Crippen molar-refractivity contribution in [1.29, 1.82) is 0 Å². The van der Waals surface area contributed by atoms with Crippen molar-refractivity contribution in [3.05, 3.63) is 59.9 Å². The first-order chi connectivity index (χ1) is 15.5. The predicted octanol–water partition coefficient (Wildman–Crippen LogP) is 3.56. The molecule has 0 spiro atoms. The van der Waals surface area contributed by atoms with Crippen molar-refractivity contribution >= 4 is 28.6 Å². The zero-order valence-corrected chi connectivity index (χ0v) is 18.9. The minimum Gasteiger partial charge on any atom is -0.391 e. The van der Waals surface area contributed by atoms with Crippen LogP contribution in [-0.4, -0.2) is 48.7 Å². The molecule has 0 saturated heterocycles. The van der Waals surface area contributed by atoms with Crippen LogP contribution in [0.4, 0.5) is 5.82 Å². The molecular formula is C23H27N7OS. The highest BCUT2D eigenvalue weighted by atomic mass is 32.2. The van der Waals surface area contributed by atoms with E-state index in [0.717, 1.165) is 28.0 Å². The number of nitrogens with zero attached hydrogens (tertiary/aromatic N) is 4. The lowest BCUT2D eigenvalue weighted by atomic mass is 10.1. The van der Waals surface area contributed by atoms with Gasteiger partial charge < -0.3 is 16.2 Å². The Hall–Kier alpha value is -3.01. The predicted molar refractivity (Wildman–Crippen MR) is 129 cm³/mol. The molecule has 4 aromatic rings. The summed E-state index contributed by atoms with van der Waals surface area (Å²) in [5, 5.41) is 21.4. The number of aliphatic hydroxyl groups is 1. The summed E-state index contributed by atoms with van der Waals surface area (Å²) in [6.45, 7) is 4.98. The van der Waals surface area contributed by atoms with Gasteiger partial charge in [0.1, 0.15) is 5.52 Å². The summed E-state index contributed by atoms with van der Waals surface area (Å²) in [6, 6.07) is 14.2. The van der Waals surface area contributed by atoms with Gasteiger partial charge in [-0.2, -0.15) is 5.10 Å². The smallest absolute Gasteiger partial charge is 0.190 e. The number of anilines is 1. The standard InChI is InChI=1S/C23H27N7OS/c1-14(2)19-20-21(30-29-19)22(28-23(27-20)32-13-17(31)11-24)26-12-15-6-8-16(9-7-15)18-5-3-4-10-25-18/h3-10,14,17,31H,11-13,24H2,1-2H3,(H,29,30)(H,26,27,28)/t17-/m1/s1. The van der Waals surface area contributed by atoms with Crippen LogP contribution in [-0.2, 0) is 6.54 Å². The molecule has 0 saturated carbocycles. The van der Waals surface area contributed by atoms with E-state index in [1.165, 1.54) is 11.8 Å². The highest BCUT2D eigenvalue weighted by Crippen LogP contribution is 2.29. The summed E-state index contributed by atoms with van der Waals surface area (Å²) in [7, 11) is 0. The molecule has 4 rings (SSSR count). The average molecular weight is 450 g/mol. The molecule has 0 unspecified atom stereocenters. The van der Waals surface area contributed by atoms with Crippen molar-refractivity contribution in [2.45, 2.75) is 37.6 Å². The fraction of sp³-hybridized carbons (Fsp3) is 0.304. The third-order valence-electron chi connectivity index (χ3n) is 5.04. The summed E-state index contributed by atoms with van der Waals surface area (Å²) in [5.41, 5.74) is 11.1. The number of H-pyrrole nitrogens is 1. The molecule has 32 heavy (non-hydrogen) atoms. The van der Waals surface area contributed by atoms with Crippen LogP contribution in [0.2, 0.25) is 0 Å². The lowest BCUT2D eigenvalue weighted by Crippen LogP contribution is -2.22. The normalized spacial score (nSPS) is 12.4. The molecule has 5 N–H and O–H groups in total. The van der Waals surface area contributed by atoms with E-state index in [9.17, 15) is 5.11 Å². The van der Waals surface area contributed by atoms with E-state index in [2.05, 4.69) is 68.6 Å². The number of aromatic nitrogens is 5. The number of pyridine rings is 1. The largest absolute Gasteiger partial charge is 0.391 e. The maximum Gasteiger partial charge on any atom is 0.190 e. The number of thioether (sulfide) groups is 1. The molecule has 0 aliphatic rings. The second-order valence-corrected chi connectivity index (χ2v) is 8.80. The van der Waals surface area contributed by atoms with Gasteiger partial charge in [-0.25, -0.2) is 9.97 Å². The Morgan fingerprint density at radius 1 is 1.09 bits per heavy atom. The number of nitrogens with one attached hydrogen (secondary N) is 2. The van der Waals surface area contributed by atoms with Gasteiger partial charge in [-0.1, -0.05) is 55.9 Å². The zero-order valence-electron chi connectivity index (χ0n) is 18.1. The van der Waals surface area contributed by atoms with Crippen molar-refractivity contribution in [3.63, 3.8) is 0 Å². The van der Waals surface area contributed by atoms with Crippen LogP contribution < -0.4 is 11.1 Å². The van der Waals surface area contributed by atoms with Crippen molar-refractivity contribution in [2.75, 3.05) is 17.6 Å². The van der Waals surface area contributed by atoms with E-state index in [-0.39, 0.29) is 12.5 Å². The van der Waals surface area contributed by atoms with E-state index in [1.54, 1.807) is 6.20 Å². The molecule has 1 atom stereocenters. The molecule has 0 aliphatic carbocycles. The number of fused-ring (bicyclic) bond motifs is 1. The van der Waals surface area contributed by atoms with Crippen LogP contribution in [0.1, 0.15) is 31.0 Å². The number of aromatic amines is 1. The molecule has 9 heteroatoms. The Morgan fingerprint density at radius 2 is 1.91 bits per heavy atom. The fourth-order valence-corrected chi connectivity index (χ4v) is 4.03. The minimum absolute atomic E-state index is 0.206. The van der Waals surface area contributed by atoms with Crippen LogP contribution in [0, 0.1) is 0 Å². The van der Waals surface area contributed by atoms with Crippen LogP contribution in [0.15, 0.2) is 53.8 Å². The molecular weight excluding hydrogens is 422 g/mol. The monoisotopic (exact) mass is 449 g/mol. The molecule has 0 aliphatic heterocycles. The van der Waals surface area contributed by atoms with Crippen molar-refractivity contribution in [3.8, 4) is 11.3 Å². The SMILES string of the molecule is CC(C)c1[nH]nc2c(NCc3ccc(-c4ccccn4)cc3)nc(SC[C@H](O)CN)nc12. The summed E-state index contributed by atoms with van der Waals surface area (Å²) in [6.07, 6.45) is 1.20. The number of rotatable bonds is 9. The maximum atomic E-state index is 9.82. The fourth-order valence-electron chi connectivity index (χ4n) is 3.24. The quantitative estimate of drug-likeness (QED) is 0.226. The molecule has 166 valence electrons. The van der Waals surface area contributed by atoms with Gasteiger partial charge in [0.2, 0.25) is 0 Å². The molecule has 0 amide bonds. The third-order valence-corrected chi connectivity index (χ3v) is 6.03. The molecule has 8 nitrogen and oxygen atoms in total. The molecule has 3 heterocycles. The third kappa shape index (κ3) is 5.07. The first-order valence-electron chi connectivity index (χ1n) is 10.6. The highest BCUT2D eigenvalue weighted by Gasteiger charge is 2.17. The van der Waals surface area contributed by atoms with Crippen molar-refractivity contribution < 1.29 is 5.11 Å². The van der Waals surface area contributed by atoms with Gasteiger partial charge in [-0.05, 0) is 23.6 Å². The van der Waals surface area contributed by atoms with Crippen molar-refractivity contribution in [2.24, 2.45) is 5.73 Å². The number of benzene rings is 1. The average Bonchev–Trinajstić information content (AvgIpc) is 3.26. The Kier molecular flexibility index (Phi) is 6.99. The molecule has 0 radical (unpaired) electrons. The Bertz CT molecular complexity index is 1160. The minimum atomic E-state index is -0.595. The second-order valence-electron chi connectivity index (χ2n) is 7.81. The van der Waals surface area contributed by atoms with Gasteiger partial charge in [0.15, 0.2) is 16.5 Å². The lowest BCUT2D eigenvalue weighted by molar-refractivity contribution is 0.208. The Balaban J connectivity index is 1.56. The topological polar surface area (TPSA) is 126 Å². The van der Waals surface area contributed by atoms with Crippen LogP contribution in [0.5, 0.6) is 0 Å². The maximum absolute atomic E-state index is 9.82. The second kappa shape index (κ2) is 10.1. The van der Waals surface area contributed by atoms with Crippen LogP contribution in [0.25, 0.3) is 22.3 Å². The summed E-state index contributed by atoms with van der Waals surface area (Å²) in [4.78, 5) is 13.7.